The molecule has 2 aromatic rings. The van der Waals surface area contributed by atoms with Gasteiger partial charge in [-0.1, -0.05) is 6.07 Å². The Morgan fingerprint density at radius 3 is 2.63 bits per heavy atom. The molecule has 2 heterocycles. The van der Waals surface area contributed by atoms with Gasteiger partial charge in [-0.25, -0.2) is 13.4 Å². The summed E-state index contributed by atoms with van der Waals surface area (Å²) in [4.78, 5) is 22.1. The van der Waals surface area contributed by atoms with Crippen molar-refractivity contribution in [2.75, 3.05) is 34.1 Å². The number of anilines is 4. The molecule has 1 aliphatic rings. The summed E-state index contributed by atoms with van der Waals surface area (Å²) in [6.07, 6.45) is 0.601. The Bertz CT molecular complexity index is 961. The van der Waals surface area contributed by atoms with E-state index in [1.54, 1.807) is 12.1 Å². The van der Waals surface area contributed by atoms with Gasteiger partial charge < -0.3 is 15.5 Å². The summed E-state index contributed by atoms with van der Waals surface area (Å²) in [5.74, 6) is 1.30. The number of rotatable bonds is 5. The van der Waals surface area contributed by atoms with Crippen LogP contribution in [0.1, 0.15) is 19.0 Å². The van der Waals surface area contributed by atoms with Crippen LogP contribution in [0.5, 0.6) is 0 Å². The molecule has 144 valence electrons. The number of hydrogen-bond donors (Lipinski definition) is 2. The number of aromatic nitrogens is 2. The molecule has 0 radical (unpaired) electrons. The molecule has 0 saturated carbocycles. The lowest BCUT2D eigenvalue weighted by atomic mass is 10.2. The van der Waals surface area contributed by atoms with Crippen molar-refractivity contribution in [3.8, 4) is 0 Å². The van der Waals surface area contributed by atoms with Gasteiger partial charge in [-0.3, -0.25) is 4.79 Å². The van der Waals surface area contributed by atoms with Crippen LogP contribution in [0.15, 0.2) is 30.3 Å². The van der Waals surface area contributed by atoms with Gasteiger partial charge in [-0.05, 0) is 31.5 Å². The van der Waals surface area contributed by atoms with Crippen molar-refractivity contribution in [1.29, 1.82) is 0 Å². The fourth-order valence-electron chi connectivity index (χ4n) is 3.06. The minimum atomic E-state index is -2.97. The Morgan fingerprint density at radius 1 is 1.22 bits per heavy atom. The standard InChI is InChI=1S/C18H23N5O3S/c1-12-9-17(23(3)16-7-8-27(25,26)11-16)22-18(19-12)21-15-6-4-5-14(10-15)20-13(2)24/h4-6,9-10,16H,7-8,11H2,1-3H3,(H,20,24)(H,19,21,22). The molecule has 1 aromatic carbocycles. The van der Waals surface area contributed by atoms with Crippen LogP contribution in [-0.2, 0) is 14.6 Å². The minimum Gasteiger partial charge on any atom is -0.355 e. The molecule has 0 aliphatic carbocycles. The van der Waals surface area contributed by atoms with Crippen molar-refractivity contribution in [3.63, 3.8) is 0 Å². The Kier molecular flexibility index (Phi) is 5.31. The molecule has 1 aromatic heterocycles. The van der Waals surface area contributed by atoms with Crippen molar-refractivity contribution >= 4 is 38.9 Å². The van der Waals surface area contributed by atoms with E-state index >= 15 is 0 Å². The first-order valence-corrected chi connectivity index (χ1v) is 10.5. The van der Waals surface area contributed by atoms with Gasteiger partial charge in [0, 0.05) is 43.1 Å². The summed E-state index contributed by atoms with van der Waals surface area (Å²) in [6, 6.07) is 9.01. The number of hydrogen-bond acceptors (Lipinski definition) is 7. The van der Waals surface area contributed by atoms with Crippen molar-refractivity contribution in [2.45, 2.75) is 26.3 Å². The van der Waals surface area contributed by atoms with Crippen LogP contribution in [0.2, 0.25) is 0 Å². The van der Waals surface area contributed by atoms with Crippen LogP contribution in [0.4, 0.5) is 23.1 Å². The summed E-state index contributed by atoms with van der Waals surface area (Å²) in [6.45, 7) is 3.32. The highest BCUT2D eigenvalue weighted by Crippen LogP contribution is 2.24. The second-order valence-electron chi connectivity index (χ2n) is 6.75. The highest BCUT2D eigenvalue weighted by Gasteiger charge is 2.31. The molecule has 9 heteroatoms. The predicted molar refractivity (Wildman–Crippen MR) is 106 cm³/mol. The first-order chi connectivity index (χ1) is 12.7. The molecule has 27 heavy (non-hydrogen) atoms. The van der Waals surface area contributed by atoms with E-state index < -0.39 is 9.84 Å². The number of carbonyl (C=O) groups is 1. The molecule has 3 rings (SSSR count). The van der Waals surface area contributed by atoms with Gasteiger partial charge in [0.1, 0.15) is 5.82 Å². The van der Waals surface area contributed by atoms with Gasteiger partial charge in [0.25, 0.3) is 0 Å². The zero-order valence-corrected chi connectivity index (χ0v) is 16.4. The normalized spacial score (nSPS) is 18.1. The molecule has 8 nitrogen and oxygen atoms in total. The van der Waals surface area contributed by atoms with E-state index in [-0.39, 0.29) is 23.5 Å². The molecule has 1 unspecified atom stereocenters. The average molecular weight is 389 g/mol. The maximum absolute atomic E-state index is 11.8. The third-order valence-electron chi connectivity index (χ3n) is 4.40. The van der Waals surface area contributed by atoms with Crippen molar-refractivity contribution in [2.24, 2.45) is 0 Å². The molecule has 1 saturated heterocycles. The van der Waals surface area contributed by atoms with Gasteiger partial charge in [0.15, 0.2) is 9.84 Å². The van der Waals surface area contributed by atoms with E-state index in [2.05, 4.69) is 20.6 Å². The quantitative estimate of drug-likeness (QED) is 0.807. The van der Waals surface area contributed by atoms with Crippen molar-refractivity contribution in [1.82, 2.24) is 9.97 Å². The number of nitrogens with zero attached hydrogens (tertiary/aromatic N) is 3. The topological polar surface area (TPSA) is 104 Å². The SMILES string of the molecule is CC(=O)Nc1cccc(Nc2nc(C)cc(N(C)C3CCS(=O)(=O)C3)n2)c1. The van der Waals surface area contributed by atoms with Gasteiger partial charge in [-0.2, -0.15) is 4.98 Å². The number of aryl methyl sites for hydroxylation is 1. The maximum atomic E-state index is 11.8. The summed E-state index contributed by atoms with van der Waals surface area (Å²) >= 11 is 0. The van der Waals surface area contributed by atoms with Crippen LogP contribution in [0.25, 0.3) is 0 Å². The highest BCUT2D eigenvalue weighted by atomic mass is 32.2. The Hall–Kier alpha value is -2.68. The van der Waals surface area contributed by atoms with E-state index in [1.165, 1.54) is 6.92 Å². The number of benzene rings is 1. The number of nitrogens with one attached hydrogen (secondary N) is 2. The molecular weight excluding hydrogens is 366 g/mol. The van der Waals surface area contributed by atoms with E-state index in [1.807, 2.05) is 37.1 Å². The molecular formula is C18H23N5O3S. The number of carbonyl (C=O) groups excluding carboxylic acids is 1. The van der Waals surface area contributed by atoms with Gasteiger partial charge in [0.05, 0.1) is 11.5 Å². The van der Waals surface area contributed by atoms with Gasteiger partial charge in [-0.15, -0.1) is 0 Å². The fraction of sp³-hybridized carbons (Fsp3) is 0.389. The third kappa shape index (κ3) is 4.94. The molecule has 1 aliphatic heterocycles. The average Bonchev–Trinajstić information content (AvgIpc) is 2.93. The third-order valence-corrected chi connectivity index (χ3v) is 6.15. The zero-order valence-electron chi connectivity index (χ0n) is 15.6. The molecule has 1 fully saturated rings. The Balaban J connectivity index is 1.80. The van der Waals surface area contributed by atoms with E-state index in [9.17, 15) is 13.2 Å². The van der Waals surface area contributed by atoms with Crippen LogP contribution in [0.3, 0.4) is 0 Å². The fourth-order valence-corrected chi connectivity index (χ4v) is 4.84. The van der Waals surface area contributed by atoms with E-state index in [4.69, 9.17) is 0 Å². The van der Waals surface area contributed by atoms with E-state index in [0.29, 0.717) is 23.9 Å². The molecule has 0 bridgehead atoms. The van der Waals surface area contributed by atoms with Crippen LogP contribution < -0.4 is 15.5 Å². The molecule has 0 spiro atoms. The molecule has 1 atom stereocenters. The summed E-state index contributed by atoms with van der Waals surface area (Å²) < 4.78 is 23.5. The number of amides is 1. The summed E-state index contributed by atoms with van der Waals surface area (Å²) in [5.41, 5.74) is 2.19. The monoisotopic (exact) mass is 389 g/mol. The van der Waals surface area contributed by atoms with Crippen LogP contribution >= 0.6 is 0 Å². The Labute approximate surface area is 158 Å². The summed E-state index contributed by atoms with van der Waals surface area (Å²) in [7, 11) is -1.11. The van der Waals surface area contributed by atoms with Crippen LogP contribution in [0, 0.1) is 6.92 Å². The van der Waals surface area contributed by atoms with Gasteiger partial charge >= 0.3 is 0 Å². The van der Waals surface area contributed by atoms with Gasteiger partial charge in [0.2, 0.25) is 11.9 Å². The smallest absolute Gasteiger partial charge is 0.229 e. The van der Waals surface area contributed by atoms with E-state index in [0.717, 1.165) is 11.4 Å². The van der Waals surface area contributed by atoms with Crippen molar-refractivity contribution < 1.29 is 13.2 Å². The Morgan fingerprint density at radius 2 is 1.96 bits per heavy atom. The first kappa shape index (κ1) is 19.1. The lowest BCUT2D eigenvalue weighted by Gasteiger charge is -2.25. The number of sulfone groups is 1. The molecule has 2 N–H and O–H groups in total. The largest absolute Gasteiger partial charge is 0.355 e. The minimum absolute atomic E-state index is 0.0831. The predicted octanol–water partition coefficient (Wildman–Crippen LogP) is 2.11. The molecule has 1 amide bonds. The summed E-state index contributed by atoms with van der Waals surface area (Å²) in [5, 5.41) is 5.87. The first-order valence-electron chi connectivity index (χ1n) is 8.65. The lowest BCUT2D eigenvalue weighted by molar-refractivity contribution is -0.114. The second kappa shape index (κ2) is 7.51. The highest BCUT2D eigenvalue weighted by molar-refractivity contribution is 7.91. The zero-order chi connectivity index (χ0) is 19.6. The second-order valence-corrected chi connectivity index (χ2v) is 8.97. The maximum Gasteiger partial charge on any atom is 0.229 e. The lowest BCUT2D eigenvalue weighted by Crippen LogP contribution is -2.33. The van der Waals surface area contributed by atoms with Crippen LogP contribution in [-0.4, -0.2) is 48.9 Å². The van der Waals surface area contributed by atoms with Crippen molar-refractivity contribution in [3.05, 3.63) is 36.0 Å².